The number of nitrogens with zero attached hydrogens (tertiary/aromatic N) is 2. The summed E-state index contributed by atoms with van der Waals surface area (Å²) >= 11 is 0. The van der Waals surface area contributed by atoms with Crippen LogP contribution >= 0.6 is 0 Å². The first-order valence-electron chi connectivity index (χ1n) is 9.38. The van der Waals surface area contributed by atoms with Crippen molar-refractivity contribution in [3.63, 3.8) is 0 Å². The van der Waals surface area contributed by atoms with Gasteiger partial charge in [-0.1, -0.05) is 12.1 Å². The van der Waals surface area contributed by atoms with Crippen LogP contribution in [0.1, 0.15) is 52.9 Å². The third-order valence-corrected chi connectivity index (χ3v) is 5.22. The number of carbonyl (C=O) groups excluding carboxylic acids is 1. The van der Waals surface area contributed by atoms with Crippen LogP contribution in [0.5, 0.6) is 0 Å². The molecule has 2 aliphatic rings. The number of amides is 1. The first-order chi connectivity index (χ1) is 12.3. The molecule has 1 N–H and O–H groups in total. The summed E-state index contributed by atoms with van der Waals surface area (Å²) < 4.78 is 0. The summed E-state index contributed by atoms with van der Waals surface area (Å²) in [6.07, 6.45) is 8.77. The third kappa shape index (κ3) is 3.90. The Morgan fingerprint density at radius 2 is 1.92 bits per heavy atom. The SMILES string of the molecule is O=C(Nc1cccc(CN2CCCC2)c1)c1cnc2c(c1)CCCC2. The summed E-state index contributed by atoms with van der Waals surface area (Å²) in [5.74, 6) is -0.0702. The van der Waals surface area contributed by atoms with E-state index in [1.807, 2.05) is 18.2 Å². The molecule has 4 heteroatoms. The maximum absolute atomic E-state index is 12.6. The third-order valence-electron chi connectivity index (χ3n) is 5.22. The van der Waals surface area contributed by atoms with E-state index >= 15 is 0 Å². The number of aromatic nitrogens is 1. The standard InChI is InChI=1S/C21H25N3O/c25-21(18-13-17-7-1-2-9-20(17)22-14-18)23-19-8-5-6-16(12-19)15-24-10-3-4-11-24/h5-6,8,12-14H,1-4,7,9-11,15H2,(H,23,25). The van der Waals surface area contributed by atoms with Gasteiger partial charge in [0.25, 0.3) is 5.91 Å². The minimum Gasteiger partial charge on any atom is -0.322 e. The maximum Gasteiger partial charge on any atom is 0.257 e. The molecule has 1 aliphatic heterocycles. The van der Waals surface area contributed by atoms with Gasteiger partial charge in [0.05, 0.1) is 5.56 Å². The Bertz CT molecular complexity index is 765. The van der Waals surface area contributed by atoms with Crippen LogP contribution in [0.25, 0.3) is 0 Å². The van der Waals surface area contributed by atoms with Crippen molar-refractivity contribution in [2.24, 2.45) is 0 Å². The minimum absolute atomic E-state index is 0.0702. The topological polar surface area (TPSA) is 45.2 Å². The van der Waals surface area contributed by atoms with Crippen LogP contribution in [0.15, 0.2) is 36.5 Å². The molecule has 1 amide bonds. The van der Waals surface area contributed by atoms with Crippen LogP contribution in [-0.4, -0.2) is 28.9 Å². The van der Waals surface area contributed by atoms with Gasteiger partial charge >= 0.3 is 0 Å². The average molecular weight is 335 g/mol. The monoisotopic (exact) mass is 335 g/mol. The van der Waals surface area contributed by atoms with E-state index < -0.39 is 0 Å². The van der Waals surface area contributed by atoms with Crippen molar-refractivity contribution >= 4 is 11.6 Å². The van der Waals surface area contributed by atoms with Crippen molar-refractivity contribution in [3.05, 3.63) is 58.9 Å². The Balaban J connectivity index is 1.45. The number of benzene rings is 1. The number of pyridine rings is 1. The zero-order valence-corrected chi connectivity index (χ0v) is 14.6. The van der Waals surface area contributed by atoms with Crippen LogP contribution < -0.4 is 5.32 Å². The number of carbonyl (C=O) groups is 1. The molecule has 1 saturated heterocycles. The average Bonchev–Trinajstić information content (AvgIpc) is 3.14. The minimum atomic E-state index is -0.0702. The second kappa shape index (κ2) is 7.36. The highest BCUT2D eigenvalue weighted by atomic mass is 16.1. The molecule has 0 radical (unpaired) electrons. The highest BCUT2D eigenvalue weighted by Crippen LogP contribution is 2.21. The summed E-state index contributed by atoms with van der Waals surface area (Å²) in [6, 6.07) is 10.2. The quantitative estimate of drug-likeness (QED) is 0.924. The molecule has 4 nitrogen and oxygen atoms in total. The number of hydrogen-bond acceptors (Lipinski definition) is 3. The fraction of sp³-hybridized carbons (Fsp3) is 0.429. The van der Waals surface area contributed by atoms with E-state index in [1.54, 1.807) is 6.20 Å². The van der Waals surface area contributed by atoms with Crippen molar-refractivity contribution in [2.75, 3.05) is 18.4 Å². The maximum atomic E-state index is 12.6. The second-order valence-corrected chi connectivity index (χ2v) is 7.17. The van der Waals surface area contributed by atoms with Crippen LogP contribution in [0.4, 0.5) is 5.69 Å². The highest BCUT2D eigenvalue weighted by Gasteiger charge is 2.15. The van der Waals surface area contributed by atoms with Crippen molar-refractivity contribution in [1.82, 2.24) is 9.88 Å². The molecule has 0 unspecified atom stereocenters. The molecule has 2 aromatic rings. The number of aryl methyl sites for hydroxylation is 2. The van der Waals surface area contributed by atoms with Gasteiger partial charge in [-0.05, 0) is 80.9 Å². The van der Waals surface area contributed by atoms with Gasteiger partial charge in [0.2, 0.25) is 0 Å². The fourth-order valence-corrected chi connectivity index (χ4v) is 3.86. The van der Waals surface area contributed by atoms with Crippen molar-refractivity contribution in [2.45, 2.75) is 45.1 Å². The normalized spacial score (nSPS) is 17.3. The lowest BCUT2D eigenvalue weighted by atomic mass is 9.95. The molecule has 0 bridgehead atoms. The van der Waals surface area contributed by atoms with Gasteiger partial charge in [-0.3, -0.25) is 14.7 Å². The molecule has 0 saturated carbocycles. The Morgan fingerprint density at radius 3 is 2.80 bits per heavy atom. The predicted octanol–water partition coefficient (Wildman–Crippen LogP) is 3.81. The zero-order chi connectivity index (χ0) is 17.1. The lowest BCUT2D eigenvalue weighted by Crippen LogP contribution is -2.18. The smallest absolute Gasteiger partial charge is 0.257 e. The van der Waals surface area contributed by atoms with E-state index in [0.717, 1.165) is 30.8 Å². The summed E-state index contributed by atoms with van der Waals surface area (Å²) in [6.45, 7) is 3.32. The van der Waals surface area contributed by atoms with E-state index in [9.17, 15) is 4.79 Å². The zero-order valence-electron chi connectivity index (χ0n) is 14.6. The number of likely N-dealkylation sites (tertiary alicyclic amines) is 1. The molecule has 25 heavy (non-hydrogen) atoms. The molecular weight excluding hydrogens is 310 g/mol. The first-order valence-corrected chi connectivity index (χ1v) is 9.38. The lowest BCUT2D eigenvalue weighted by Gasteiger charge is -2.16. The molecule has 0 atom stereocenters. The van der Waals surface area contributed by atoms with Gasteiger partial charge in [-0.25, -0.2) is 0 Å². The van der Waals surface area contributed by atoms with Crippen molar-refractivity contribution in [1.29, 1.82) is 0 Å². The van der Waals surface area contributed by atoms with Crippen molar-refractivity contribution < 1.29 is 4.79 Å². The summed E-state index contributed by atoms with van der Waals surface area (Å²) in [4.78, 5) is 19.6. The molecule has 4 rings (SSSR count). The number of hydrogen-bond donors (Lipinski definition) is 1. The van der Waals surface area contributed by atoms with Gasteiger partial charge in [0.15, 0.2) is 0 Å². The molecule has 2 heterocycles. The van der Waals surface area contributed by atoms with Crippen LogP contribution in [-0.2, 0) is 19.4 Å². The van der Waals surface area contributed by atoms with Gasteiger partial charge in [-0.2, -0.15) is 0 Å². The molecule has 0 spiro atoms. The first kappa shape index (κ1) is 16.3. The van der Waals surface area contributed by atoms with Crippen molar-refractivity contribution in [3.8, 4) is 0 Å². The highest BCUT2D eigenvalue weighted by molar-refractivity contribution is 6.04. The number of nitrogens with one attached hydrogen (secondary N) is 1. The van der Waals surface area contributed by atoms with Gasteiger partial charge in [-0.15, -0.1) is 0 Å². The Kier molecular flexibility index (Phi) is 4.79. The summed E-state index contributed by atoms with van der Waals surface area (Å²) in [7, 11) is 0. The van der Waals surface area contributed by atoms with Crippen LogP contribution in [0, 0.1) is 0 Å². The van der Waals surface area contributed by atoms with Gasteiger partial charge in [0, 0.05) is 24.1 Å². The molecule has 1 aliphatic carbocycles. The van der Waals surface area contributed by atoms with E-state index in [2.05, 4.69) is 27.3 Å². The van der Waals surface area contributed by atoms with E-state index in [-0.39, 0.29) is 5.91 Å². The van der Waals surface area contributed by atoms with Gasteiger partial charge in [0.1, 0.15) is 0 Å². The largest absolute Gasteiger partial charge is 0.322 e. The van der Waals surface area contributed by atoms with Crippen LogP contribution in [0.2, 0.25) is 0 Å². The molecule has 1 aromatic heterocycles. The molecule has 130 valence electrons. The molecule has 1 fully saturated rings. The lowest BCUT2D eigenvalue weighted by molar-refractivity contribution is 0.102. The Morgan fingerprint density at radius 1 is 1.08 bits per heavy atom. The van der Waals surface area contributed by atoms with E-state index in [1.165, 1.54) is 49.9 Å². The molecule has 1 aromatic carbocycles. The summed E-state index contributed by atoms with van der Waals surface area (Å²) in [5.41, 5.74) is 5.17. The number of fused-ring (bicyclic) bond motifs is 1. The number of anilines is 1. The predicted molar refractivity (Wildman–Crippen MR) is 99.8 cm³/mol. The van der Waals surface area contributed by atoms with Gasteiger partial charge < -0.3 is 5.32 Å². The number of rotatable bonds is 4. The fourth-order valence-electron chi connectivity index (χ4n) is 3.86. The van der Waals surface area contributed by atoms with E-state index in [0.29, 0.717) is 5.56 Å². The van der Waals surface area contributed by atoms with Crippen LogP contribution in [0.3, 0.4) is 0 Å². The van der Waals surface area contributed by atoms with E-state index in [4.69, 9.17) is 0 Å². The Labute approximate surface area is 149 Å². The summed E-state index contributed by atoms with van der Waals surface area (Å²) in [5, 5.41) is 3.03. The Hall–Kier alpha value is -2.20. The molecular formula is C21H25N3O. The second-order valence-electron chi connectivity index (χ2n) is 7.17.